The highest BCUT2D eigenvalue weighted by Crippen LogP contribution is 2.45. The normalized spacial score (nSPS) is 27.0. The molecule has 0 saturated carbocycles. The number of hydrogen-bond acceptors (Lipinski definition) is 8. The predicted octanol–water partition coefficient (Wildman–Crippen LogP) is 4.91. The summed E-state index contributed by atoms with van der Waals surface area (Å²) in [5.74, 6) is -5.46. The fourth-order valence-electron chi connectivity index (χ4n) is 7.60. The van der Waals surface area contributed by atoms with Crippen LogP contribution < -0.4 is 20.7 Å². The van der Waals surface area contributed by atoms with E-state index in [0.29, 0.717) is 26.1 Å². The SMILES string of the molecule is Cc1nc(N)c(F)c(-c2c(F)cc3c(N4CC5CCC(C4)N5)nc(OCC45CCCN4C[C@H](F)C5)nc3c2F)c1C(F)(F)F. The molecule has 2 bridgehead atoms. The second-order valence-corrected chi connectivity index (χ2v) is 12.3. The number of anilines is 2. The fraction of sp³-hybridized carbons (Fsp3) is 0.552. The van der Waals surface area contributed by atoms with Crippen molar-refractivity contribution in [1.82, 2.24) is 25.2 Å². The van der Waals surface area contributed by atoms with Gasteiger partial charge in [-0.15, -0.1) is 0 Å². The third-order valence-corrected chi connectivity index (χ3v) is 9.47. The van der Waals surface area contributed by atoms with Crippen LogP contribution in [0.2, 0.25) is 0 Å². The third kappa shape index (κ3) is 4.70. The van der Waals surface area contributed by atoms with Crippen molar-refractivity contribution >= 4 is 22.5 Å². The summed E-state index contributed by atoms with van der Waals surface area (Å²) in [5.41, 5.74) is -0.643. The monoisotopic (exact) mass is 625 g/mol. The van der Waals surface area contributed by atoms with Gasteiger partial charge in [0.25, 0.3) is 0 Å². The van der Waals surface area contributed by atoms with Crippen LogP contribution in [0.1, 0.15) is 43.4 Å². The first-order valence-corrected chi connectivity index (χ1v) is 14.6. The molecular weight excluding hydrogens is 595 g/mol. The molecule has 6 heterocycles. The second kappa shape index (κ2) is 10.3. The van der Waals surface area contributed by atoms with Gasteiger partial charge in [0.05, 0.1) is 22.4 Å². The first kappa shape index (κ1) is 29.3. The molecule has 1 aromatic carbocycles. The zero-order valence-corrected chi connectivity index (χ0v) is 23.7. The first-order chi connectivity index (χ1) is 20.8. The van der Waals surface area contributed by atoms with Crippen LogP contribution in [0.3, 0.4) is 0 Å². The summed E-state index contributed by atoms with van der Waals surface area (Å²) in [5, 5.41) is 3.36. The summed E-state index contributed by atoms with van der Waals surface area (Å²) in [6, 6.07) is 0.744. The molecule has 2 aromatic heterocycles. The van der Waals surface area contributed by atoms with Gasteiger partial charge in [0.2, 0.25) is 0 Å². The number of rotatable bonds is 5. The van der Waals surface area contributed by atoms with E-state index in [1.807, 2.05) is 9.80 Å². The fourth-order valence-corrected chi connectivity index (χ4v) is 7.60. The maximum absolute atomic E-state index is 16.5. The summed E-state index contributed by atoms with van der Waals surface area (Å²) in [4.78, 5) is 16.0. The van der Waals surface area contributed by atoms with Crippen molar-refractivity contribution in [1.29, 1.82) is 0 Å². The van der Waals surface area contributed by atoms with E-state index in [9.17, 15) is 17.6 Å². The molecule has 44 heavy (non-hydrogen) atoms. The van der Waals surface area contributed by atoms with Crippen molar-refractivity contribution in [3.8, 4) is 17.1 Å². The number of benzene rings is 1. The van der Waals surface area contributed by atoms with Crippen LogP contribution in [-0.2, 0) is 6.18 Å². The topological polar surface area (TPSA) is 92.4 Å². The van der Waals surface area contributed by atoms with Crippen molar-refractivity contribution in [2.45, 2.75) is 69.0 Å². The van der Waals surface area contributed by atoms with Gasteiger partial charge in [0, 0.05) is 49.1 Å². The van der Waals surface area contributed by atoms with E-state index in [1.54, 1.807) is 0 Å². The molecule has 4 atom stereocenters. The molecule has 3 aromatic rings. The molecule has 3 N–H and O–H groups in total. The Balaban J connectivity index is 1.40. The van der Waals surface area contributed by atoms with Crippen LogP contribution in [0.4, 0.5) is 42.4 Å². The van der Waals surface area contributed by atoms with Gasteiger partial charge < -0.3 is 20.7 Å². The lowest BCUT2D eigenvalue weighted by molar-refractivity contribution is -0.137. The molecule has 0 radical (unpaired) electrons. The number of nitrogens with two attached hydrogens (primary N) is 1. The molecule has 4 aliphatic rings. The van der Waals surface area contributed by atoms with E-state index in [2.05, 4.69) is 20.3 Å². The number of nitrogens with zero attached hydrogens (tertiary/aromatic N) is 5. The average Bonchev–Trinajstić information content (AvgIpc) is 3.59. The summed E-state index contributed by atoms with van der Waals surface area (Å²) in [7, 11) is 0. The summed E-state index contributed by atoms with van der Waals surface area (Å²) < 4.78 is 110. The number of halogens is 7. The highest BCUT2D eigenvalue weighted by Gasteiger charge is 2.49. The van der Waals surface area contributed by atoms with Gasteiger partial charge in [0.15, 0.2) is 17.5 Å². The molecule has 4 fully saturated rings. The predicted molar refractivity (Wildman–Crippen MR) is 147 cm³/mol. The number of hydrogen-bond donors (Lipinski definition) is 2. The quantitative estimate of drug-likeness (QED) is 0.387. The molecule has 8 nitrogen and oxygen atoms in total. The summed E-state index contributed by atoms with van der Waals surface area (Å²) >= 11 is 0. The standard InChI is InChI=1S/C29H30F7N7O/c1-13-21(29(34,35)36)20(23(33)25(37)38-13)19-18(31)7-17-24(22(19)32)40-27(41-26(17)42-10-15-3-4-16(11-42)39-15)44-12-28-5-2-6-43(28)9-14(30)8-28/h7,14-16,39H,2-6,8-12H2,1H3,(H2,37,38)/t14-,15?,16?,28?/m1/s1. The number of nitrogen functional groups attached to an aromatic ring is 1. The molecule has 0 spiro atoms. The molecule has 3 unspecified atom stereocenters. The largest absolute Gasteiger partial charge is 0.461 e. The number of ether oxygens (including phenoxy) is 1. The molecule has 15 heteroatoms. The number of aromatic nitrogens is 3. The summed E-state index contributed by atoms with van der Waals surface area (Å²) in [6.45, 7) is 2.84. The van der Waals surface area contributed by atoms with Gasteiger partial charge in [-0.25, -0.2) is 22.5 Å². The zero-order valence-electron chi connectivity index (χ0n) is 23.7. The highest BCUT2D eigenvalue weighted by atomic mass is 19.4. The number of pyridine rings is 1. The van der Waals surface area contributed by atoms with Crippen LogP contribution in [0.15, 0.2) is 6.07 Å². The maximum atomic E-state index is 16.5. The van der Waals surface area contributed by atoms with E-state index in [1.165, 1.54) is 0 Å². The zero-order chi connectivity index (χ0) is 31.1. The smallest absolute Gasteiger partial charge is 0.418 e. The van der Waals surface area contributed by atoms with Gasteiger partial charge in [0.1, 0.15) is 29.9 Å². The minimum Gasteiger partial charge on any atom is -0.461 e. The van der Waals surface area contributed by atoms with Crippen molar-refractivity contribution in [2.75, 3.05) is 43.4 Å². The molecule has 236 valence electrons. The van der Waals surface area contributed by atoms with Crippen LogP contribution in [-0.4, -0.2) is 76.4 Å². The van der Waals surface area contributed by atoms with E-state index < -0.39 is 69.1 Å². The van der Waals surface area contributed by atoms with Crippen molar-refractivity contribution in [2.24, 2.45) is 0 Å². The Kier molecular flexibility index (Phi) is 6.84. The number of aryl methyl sites for hydroxylation is 1. The molecule has 0 amide bonds. The number of fused-ring (bicyclic) bond motifs is 4. The van der Waals surface area contributed by atoms with Crippen molar-refractivity contribution in [3.63, 3.8) is 0 Å². The van der Waals surface area contributed by atoms with E-state index in [4.69, 9.17) is 10.5 Å². The van der Waals surface area contributed by atoms with Gasteiger partial charge >= 0.3 is 12.2 Å². The Labute approximate surface area is 247 Å². The van der Waals surface area contributed by atoms with Crippen LogP contribution in [0, 0.1) is 24.4 Å². The lowest BCUT2D eigenvalue weighted by Gasteiger charge is -2.34. The second-order valence-electron chi connectivity index (χ2n) is 12.3. The minimum atomic E-state index is -5.21. The molecule has 7 rings (SSSR count). The van der Waals surface area contributed by atoms with E-state index >= 15 is 13.2 Å². The van der Waals surface area contributed by atoms with E-state index in [-0.39, 0.29) is 48.9 Å². The van der Waals surface area contributed by atoms with Crippen molar-refractivity contribution < 1.29 is 35.5 Å². The average molecular weight is 626 g/mol. The molecule has 4 aliphatic heterocycles. The third-order valence-electron chi connectivity index (χ3n) is 9.47. The van der Waals surface area contributed by atoms with Crippen LogP contribution in [0.5, 0.6) is 6.01 Å². The van der Waals surface area contributed by atoms with Gasteiger partial charge in [-0.2, -0.15) is 23.1 Å². The Bertz CT molecular complexity index is 1640. The van der Waals surface area contributed by atoms with E-state index in [0.717, 1.165) is 32.3 Å². The minimum absolute atomic E-state index is 0.00771. The Morgan fingerprint density at radius 1 is 1.05 bits per heavy atom. The lowest BCUT2D eigenvalue weighted by Crippen LogP contribution is -2.51. The van der Waals surface area contributed by atoms with Crippen LogP contribution in [0.25, 0.3) is 22.0 Å². The maximum Gasteiger partial charge on any atom is 0.418 e. The highest BCUT2D eigenvalue weighted by molar-refractivity contribution is 5.94. The number of piperazine rings is 1. The van der Waals surface area contributed by atoms with Gasteiger partial charge in [-0.1, -0.05) is 0 Å². The van der Waals surface area contributed by atoms with Gasteiger partial charge in [-0.05, 0) is 45.2 Å². The summed E-state index contributed by atoms with van der Waals surface area (Å²) in [6.07, 6.45) is -2.66. The molecule has 0 aliphatic carbocycles. The Morgan fingerprint density at radius 2 is 1.77 bits per heavy atom. The lowest BCUT2D eigenvalue weighted by atomic mass is 9.95. The van der Waals surface area contributed by atoms with Crippen molar-refractivity contribution in [3.05, 3.63) is 34.8 Å². The Morgan fingerprint density at radius 3 is 2.48 bits per heavy atom. The van der Waals surface area contributed by atoms with Crippen LogP contribution >= 0.6 is 0 Å². The Hall–Kier alpha value is -3.46. The first-order valence-electron chi connectivity index (χ1n) is 14.6. The molecule has 4 saturated heterocycles. The van der Waals surface area contributed by atoms with Gasteiger partial charge in [-0.3, -0.25) is 4.90 Å². The number of alkyl halides is 4. The molecular formula is C29H30F7N7O. The number of nitrogens with one attached hydrogen (secondary N) is 1.